The third-order valence-corrected chi connectivity index (χ3v) is 7.78. The lowest BCUT2D eigenvalue weighted by Crippen LogP contribution is -2.26. The molecule has 1 atom stereocenters. The molecule has 0 N–H and O–H groups in total. The van der Waals surface area contributed by atoms with Gasteiger partial charge in [0.1, 0.15) is 0 Å². The number of benzene rings is 4. The molecular weight excluding hydrogens is 448 g/mol. The van der Waals surface area contributed by atoms with Crippen LogP contribution in [0.2, 0.25) is 0 Å². The lowest BCUT2D eigenvalue weighted by atomic mass is 9.84. The van der Waals surface area contributed by atoms with Gasteiger partial charge in [0.15, 0.2) is 0 Å². The minimum absolute atomic E-state index is 0.468. The number of fused-ring (bicyclic) bond motifs is 1. The van der Waals surface area contributed by atoms with Crippen LogP contribution >= 0.6 is 0 Å². The van der Waals surface area contributed by atoms with E-state index in [-0.39, 0.29) is 0 Å². The molecular formula is C35H34N2. The van der Waals surface area contributed by atoms with Crippen LogP contribution in [-0.2, 0) is 0 Å². The van der Waals surface area contributed by atoms with Crippen LogP contribution in [0.4, 0.5) is 22.7 Å². The van der Waals surface area contributed by atoms with Gasteiger partial charge in [-0.1, -0.05) is 72.8 Å². The monoisotopic (exact) mass is 482 g/mol. The Balaban J connectivity index is 1.34. The quantitative estimate of drug-likeness (QED) is 0.270. The van der Waals surface area contributed by atoms with Gasteiger partial charge >= 0.3 is 0 Å². The van der Waals surface area contributed by atoms with Crippen molar-refractivity contribution in [3.63, 3.8) is 0 Å². The van der Waals surface area contributed by atoms with Gasteiger partial charge in [0.05, 0.1) is 0 Å². The highest BCUT2D eigenvalue weighted by Gasteiger charge is 2.21. The zero-order valence-corrected chi connectivity index (χ0v) is 21.8. The highest BCUT2D eigenvalue weighted by Crippen LogP contribution is 2.37. The van der Waals surface area contributed by atoms with Gasteiger partial charge in [0.25, 0.3) is 0 Å². The van der Waals surface area contributed by atoms with Gasteiger partial charge in [-0.15, -0.1) is 0 Å². The van der Waals surface area contributed by atoms with Crippen LogP contribution in [0.3, 0.4) is 0 Å². The van der Waals surface area contributed by atoms with Gasteiger partial charge < -0.3 is 9.80 Å². The van der Waals surface area contributed by atoms with E-state index in [1.54, 1.807) is 0 Å². The molecule has 6 rings (SSSR count). The molecule has 0 aliphatic heterocycles. The van der Waals surface area contributed by atoms with E-state index in [9.17, 15) is 0 Å². The fourth-order valence-electron chi connectivity index (χ4n) is 5.71. The molecule has 0 saturated heterocycles. The van der Waals surface area contributed by atoms with Crippen molar-refractivity contribution in [1.82, 2.24) is 0 Å². The van der Waals surface area contributed by atoms with E-state index in [1.807, 2.05) is 0 Å². The van der Waals surface area contributed by atoms with E-state index in [0.29, 0.717) is 5.92 Å². The number of anilines is 4. The molecule has 2 nitrogen and oxygen atoms in total. The Morgan fingerprint density at radius 1 is 0.757 bits per heavy atom. The van der Waals surface area contributed by atoms with E-state index in [0.717, 1.165) is 13.0 Å². The Bertz CT molecular complexity index is 1500. The van der Waals surface area contributed by atoms with Gasteiger partial charge in [-0.25, -0.2) is 0 Å². The maximum Gasteiger partial charge on any atom is 0.0490 e. The Kier molecular flexibility index (Phi) is 6.40. The molecule has 0 heterocycles. The van der Waals surface area contributed by atoms with Crippen molar-refractivity contribution in [3.05, 3.63) is 132 Å². The van der Waals surface area contributed by atoms with Crippen LogP contribution in [0.25, 0.3) is 10.8 Å². The largest absolute Gasteiger partial charge is 0.345 e. The van der Waals surface area contributed by atoms with E-state index in [2.05, 4.69) is 139 Å². The highest BCUT2D eigenvalue weighted by molar-refractivity contribution is 5.96. The first kappa shape index (κ1) is 23.4. The first-order chi connectivity index (χ1) is 18.2. The first-order valence-electron chi connectivity index (χ1n) is 13.4. The van der Waals surface area contributed by atoms with Gasteiger partial charge in [-0.05, 0) is 96.7 Å². The second kappa shape index (κ2) is 10.1. The maximum absolute atomic E-state index is 2.52. The molecule has 0 radical (unpaired) electrons. The van der Waals surface area contributed by atoms with Crippen LogP contribution in [0.5, 0.6) is 0 Å². The highest BCUT2D eigenvalue weighted by atomic mass is 15.1. The summed E-state index contributed by atoms with van der Waals surface area (Å²) in [4.78, 5) is 4.78. The van der Waals surface area contributed by atoms with Gasteiger partial charge in [-0.2, -0.15) is 0 Å². The van der Waals surface area contributed by atoms with E-state index >= 15 is 0 Å². The summed E-state index contributed by atoms with van der Waals surface area (Å²) < 4.78 is 0. The minimum atomic E-state index is 0.468. The summed E-state index contributed by atoms with van der Waals surface area (Å²) in [5.74, 6) is 0.468. The molecule has 0 spiro atoms. The minimum Gasteiger partial charge on any atom is -0.345 e. The number of hydrogen-bond donors (Lipinski definition) is 0. The van der Waals surface area contributed by atoms with Crippen molar-refractivity contribution < 1.29 is 0 Å². The van der Waals surface area contributed by atoms with Crippen molar-refractivity contribution in [2.45, 2.75) is 26.2 Å². The van der Waals surface area contributed by atoms with Gasteiger partial charge in [0, 0.05) is 41.7 Å². The maximum atomic E-state index is 2.52. The summed E-state index contributed by atoms with van der Waals surface area (Å²) in [5.41, 5.74) is 9.21. The predicted molar refractivity (Wildman–Crippen MR) is 159 cm³/mol. The van der Waals surface area contributed by atoms with Crippen molar-refractivity contribution in [1.29, 1.82) is 0 Å². The van der Waals surface area contributed by atoms with Crippen LogP contribution in [-0.4, -0.2) is 13.6 Å². The normalized spacial score (nSPS) is 16.6. The molecule has 2 aliphatic rings. The lowest BCUT2D eigenvalue weighted by Gasteiger charge is -2.32. The lowest BCUT2D eigenvalue weighted by molar-refractivity contribution is 0.634. The summed E-state index contributed by atoms with van der Waals surface area (Å²) in [6, 6.07) is 33.1. The topological polar surface area (TPSA) is 6.48 Å². The molecule has 0 fully saturated rings. The van der Waals surface area contributed by atoms with E-state index in [1.165, 1.54) is 63.1 Å². The second-order valence-corrected chi connectivity index (χ2v) is 10.3. The first-order valence-corrected chi connectivity index (χ1v) is 13.4. The summed E-state index contributed by atoms with van der Waals surface area (Å²) in [5, 5.41) is 2.57. The average molecular weight is 483 g/mol. The number of allylic oxidation sites excluding steroid dienone is 5. The number of hydrogen-bond acceptors (Lipinski definition) is 2. The van der Waals surface area contributed by atoms with Crippen LogP contribution in [0, 0.1) is 12.8 Å². The smallest absolute Gasteiger partial charge is 0.0490 e. The van der Waals surface area contributed by atoms with E-state index < -0.39 is 0 Å². The molecule has 37 heavy (non-hydrogen) atoms. The summed E-state index contributed by atoms with van der Waals surface area (Å²) in [6.45, 7) is 3.09. The zero-order chi connectivity index (χ0) is 25.2. The summed E-state index contributed by atoms with van der Waals surface area (Å²) in [6.07, 6.45) is 13.0. The van der Waals surface area contributed by atoms with Crippen molar-refractivity contribution in [3.8, 4) is 0 Å². The van der Waals surface area contributed by atoms with Gasteiger partial charge in [-0.3, -0.25) is 0 Å². The van der Waals surface area contributed by atoms with Crippen molar-refractivity contribution in [2.75, 3.05) is 23.4 Å². The Labute approximate surface area is 220 Å². The Morgan fingerprint density at radius 2 is 1.54 bits per heavy atom. The average Bonchev–Trinajstić information content (AvgIpc) is 2.95. The molecule has 4 aromatic carbocycles. The number of nitrogens with zero attached hydrogens (tertiary/aromatic N) is 2. The molecule has 1 unspecified atom stereocenters. The van der Waals surface area contributed by atoms with Crippen molar-refractivity contribution >= 4 is 33.5 Å². The predicted octanol–water partition coefficient (Wildman–Crippen LogP) is 9.28. The molecule has 0 saturated carbocycles. The SMILES string of the molecule is Cc1cccc(N(C)c2ccc(N(CC3C=CC4=C(C=CCC4)C3)c3cccc4ccccc34)cc2)c1. The second-order valence-electron chi connectivity index (χ2n) is 10.3. The third-order valence-electron chi connectivity index (χ3n) is 7.78. The van der Waals surface area contributed by atoms with E-state index in [4.69, 9.17) is 0 Å². The Morgan fingerprint density at radius 3 is 2.41 bits per heavy atom. The van der Waals surface area contributed by atoms with Gasteiger partial charge in [0.2, 0.25) is 0 Å². The van der Waals surface area contributed by atoms with Crippen molar-refractivity contribution in [2.24, 2.45) is 5.92 Å². The molecule has 184 valence electrons. The van der Waals surface area contributed by atoms with Crippen LogP contribution in [0.15, 0.2) is 126 Å². The van der Waals surface area contributed by atoms with Crippen LogP contribution < -0.4 is 9.80 Å². The summed E-state index contributed by atoms with van der Waals surface area (Å²) >= 11 is 0. The molecule has 0 amide bonds. The van der Waals surface area contributed by atoms with Crippen LogP contribution in [0.1, 0.15) is 24.8 Å². The fourth-order valence-corrected chi connectivity index (χ4v) is 5.71. The summed E-state index contributed by atoms with van der Waals surface area (Å²) in [7, 11) is 2.14. The zero-order valence-electron chi connectivity index (χ0n) is 21.8. The molecule has 4 aromatic rings. The number of rotatable bonds is 6. The standard InChI is InChI=1S/C35H34N2/c1-26-9-7-14-33(23-26)36(2)31-19-21-32(22-20-31)37(35-16-8-13-29-11-5-6-15-34(29)35)25-27-17-18-28-10-3-4-12-30(28)24-27/h4-9,11-23,27H,3,10,24-25H2,1-2H3. The molecule has 2 heteroatoms. The third kappa shape index (κ3) is 4.84. The fraction of sp³-hybridized carbons (Fsp3) is 0.200. The molecule has 0 bridgehead atoms. The molecule has 2 aliphatic carbocycles. The Hall–Kier alpha value is -4.04. The number of aryl methyl sites for hydroxylation is 1. The molecule has 0 aromatic heterocycles.